The van der Waals surface area contributed by atoms with Gasteiger partial charge in [-0.3, -0.25) is 4.84 Å². The zero-order chi connectivity index (χ0) is 11.1. The van der Waals surface area contributed by atoms with Gasteiger partial charge in [0, 0.05) is 6.42 Å². The van der Waals surface area contributed by atoms with E-state index >= 15 is 0 Å². The summed E-state index contributed by atoms with van der Waals surface area (Å²) in [5.41, 5.74) is 2.69. The number of nitrogens with zero attached hydrogens (tertiary/aromatic N) is 1. The van der Waals surface area contributed by atoms with Crippen molar-refractivity contribution >= 4 is 15.9 Å². The normalized spacial score (nSPS) is 30.8. The lowest BCUT2D eigenvalue weighted by Crippen LogP contribution is -2.34. The number of nitrogens with one attached hydrogen (secondary N) is 1. The zero-order valence-corrected chi connectivity index (χ0v) is 10.1. The highest BCUT2D eigenvalue weighted by Gasteiger charge is 2.39. The molecule has 5 heteroatoms. The number of pyridine rings is 1. The van der Waals surface area contributed by atoms with Crippen LogP contribution >= 0.6 is 15.9 Å². The van der Waals surface area contributed by atoms with Crippen LogP contribution in [0.2, 0.25) is 0 Å². The van der Waals surface area contributed by atoms with E-state index in [1.165, 1.54) is 6.07 Å². The van der Waals surface area contributed by atoms with Gasteiger partial charge in [0.25, 0.3) is 0 Å². The molecule has 1 saturated heterocycles. The van der Waals surface area contributed by atoms with Crippen LogP contribution in [0.4, 0.5) is 4.39 Å². The molecule has 15 heavy (non-hydrogen) atoms. The van der Waals surface area contributed by atoms with Gasteiger partial charge in [0.15, 0.2) is 0 Å². The van der Waals surface area contributed by atoms with Crippen molar-refractivity contribution in [3.05, 3.63) is 28.2 Å². The average molecular weight is 275 g/mol. The molecule has 2 heterocycles. The van der Waals surface area contributed by atoms with Crippen LogP contribution in [-0.2, 0) is 10.4 Å². The highest BCUT2D eigenvalue weighted by Crippen LogP contribution is 2.32. The Morgan fingerprint density at radius 3 is 3.00 bits per heavy atom. The summed E-state index contributed by atoms with van der Waals surface area (Å²) >= 11 is 3.24. The van der Waals surface area contributed by atoms with Crippen LogP contribution in [0, 0.1) is 5.82 Å². The number of hydroxylamine groups is 1. The van der Waals surface area contributed by atoms with E-state index in [9.17, 15) is 4.39 Å². The van der Waals surface area contributed by atoms with Gasteiger partial charge in [0.2, 0.25) is 0 Å². The predicted molar refractivity (Wildman–Crippen MR) is 57.5 cm³/mol. The maximum absolute atomic E-state index is 13.6. The standard InChI is InChI=1S/C10H12BrFN2O/c1-6-5-10(2,14-15-6)9-7(12)3-4-8(11)13-9/h3-4,6,14H,5H2,1-2H3/t6-,10+/m0/s1. The molecule has 1 N–H and O–H groups in total. The molecule has 1 aromatic heterocycles. The van der Waals surface area contributed by atoms with Gasteiger partial charge < -0.3 is 0 Å². The second-order valence-corrected chi connectivity index (χ2v) is 4.84. The Labute approximate surface area is 96.1 Å². The molecular formula is C10H12BrFN2O. The van der Waals surface area contributed by atoms with E-state index in [1.807, 2.05) is 13.8 Å². The zero-order valence-electron chi connectivity index (χ0n) is 8.55. The molecule has 1 aliphatic rings. The Morgan fingerprint density at radius 2 is 2.40 bits per heavy atom. The first-order chi connectivity index (χ1) is 7.01. The van der Waals surface area contributed by atoms with Crippen LogP contribution in [0.3, 0.4) is 0 Å². The molecular weight excluding hydrogens is 263 g/mol. The summed E-state index contributed by atoms with van der Waals surface area (Å²) in [7, 11) is 0. The van der Waals surface area contributed by atoms with E-state index in [1.54, 1.807) is 6.07 Å². The second-order valence-electron chi connectivity index (χ2n) is 4.03. The third kappa shape index (κ3) is 2.04. The Hall–Kier alpha value is -0.520. The SMILES string of the molecule is C[C@H]1C[C@](C)(c2nc(Br)ccc2F)NO1. The maximum atomic E-state index is 13.6. The van der Waals surface area contributed by atoms with Crippen molar-refractivity contribution in [1.29, 1.82) is 0 Å². The summed E-state index contributed by atoms with van der Waals surface area (Å²) in [6.07, 6.45) is 0.767. The predicted octanol–water partition coefficient (Wildman–Crippen LogP) is 2.51. The molecule has 0 amide bonds. The average Bonchev–Trinajstić information content (AvgIpc) is 2.52. The van der Waals surface area contributed by atoms with Gasteiger partial charge in [0.05, 0.1) is 17.3 Å². The van der Waals surface area contributed by atoms with E-state index in [0.29, 0.717) is 16.7 Å². The minimum atomic E-state index is -0.548. The van der Waals surface area contributed by atoms with Crippen molar-refractivity contribution in [2.45, 2.75) is 31.9 Å². The van der Waals surface area contributed by atoms with E-state index in [0.717, 1.165) is 0 Å². The molecule has 0 unspecified atom stereocenters. The van der Waals surface area contributed by atoms with E-state index in [4.69, 9.17) is 4.84 Å². The fraction of sp³-hybridized carbons (Fsp3) is 0.500. The fourth-order valence-electron chi connectivity index (χ4n) is 1.84. The van der Waals surface area contributed by atoms with Gasteiger partial charge in [-0.1, -0.05) is 0 Å². The monoisotopic (exact) mass is 274 g/mol. The highest BCUT2D eigenvalue weighted by molar-refractivity contribution is 9.10. The van der Waals surface area contributed by atoms with Crippen LogP contribution in [0.5, 0.6) is 0 Å². The van der Waals surface area contributed by atoms with Gasteiger partial charge >= 0.3 is 0 Å². The minimum absolute atomic E-state index is 0.0650. The summed E-state index contributed by atoms with van der Waals surface area (Å²) in [5.74, 6) is -0.314. The van der Waals surface area contributed by atoms with Gasteiger partial charge in [-0.25, -0.2) is 9.37 Å². The van der Waals surface area contributed by atoms with Crippen LogP contribution in [-0.4, -0.2) is 11.1 Å². The Kier molecular flexibility index (Phi) is 2.79. The first-order valence-corrected chi connectivity index (χ1v) is 5.56. The molecule has 0 spiro atoms. The summed E-state index contributed by atoms with van der Waals surface area (Å²) < 4.78 is 14.2. The molecule has 0 radical (unpaired) electrons. The van der Waals surface area contributed by atoms with Crippen molar-refractivity contribution < 1.29 is 9.23 Å². The lowest BCUT2D eigenvalue weighted by atomic mass is 9.92. The number of halogens is 2. The summed E-state index contributed by atoms with van der Waals surface area (Å²) in [4.78, 5) is 9.41. The molecule has 0 aliphatic carbocycles. The van der Waals surface area contributed by atoms with Crippen molar-refractivity contribution in [3.63, 3.8) is 0 Å². The summed E-state index contributed by atoms with van der Waals surface area (Å²) in [5, 5.41) is 0. The smallest absolute Gasteiger partial charge is 0.146 e. The van der Waals surface area contributed by atoms with Crippen LogP contribution in [0.1, 0.15) is 26.0 Å². The first kappa shape index (κ1) is 11.0. The van der Waals surface area contributed by atoms with Crippen molar-refractivity contribution in [1.82, 2.24) is 10.5 Å². The Morgan fingerprint density at radius 1 is 1.67 bits per heavy atom. The van der Waals surface area contributed by atoms with Gasteiger partial charge in [0.1, 0.15) is 10.4 Å². The first-order valence-electron chi connectivity index (χ1n) is 4.76. The van der Waals surface area contributed by atoms with Crippen molar-refractivity contribution in [3.8, 4) is 0 Å². The second kappa shape index (κ2) is 3.81. The molecule has 3 nitrogen and oxygen atoms in total. The molecule has 1 aromatic rings. The minimum Gasteiger partial charge on any atom is -0.298 e. The molecule has 1 fully saturated rings. The lowest BCUT2D eigenvalue weighted by molar-refractivity contribution is 0.0207. The Balaban J connectivity index is 2.40. The maximum Gasteiger partial charge on any atom is 0.146 e. The summed E-state index contributed by atoms with van der Waals surface area (Å²) in [6, 6.07) is 2.99. The molecule has 0 aromatic carbocycles. The lowest BCUT2D eigenvalue weighted by Gasteiger charge is -2.22. The number of rotatable bonds is 1. The molecule has 1 aliphatic heterocycles. The molecule has 0 saturated carbocycles. The summed E-state index contributed by atoms with van der Waals surface area (Å²) in [6.45, 7) is 3.82. The van der Waals surface area contributed by atoms with Gasteiger partial charge in [-0.2, -0.15) is 5.48 Å². The van der Waals surface area contributed by atoms with Crippen molar-refractivity contribution in [2.75, 3.05) is 0 Å². The van der Waals surface area contributed by atoms with Crippen LogP contribution in [0.15, 0.2) is 16.7 Å². The van der Waals surface area contributed by atoms with E-state index in [-0.39, 0.29) is 11.9 Å². The molecule has 0 bridgehead atoms. The van der Waals surface area contributed by atoms with Gasteiger partial charge in [-0.05, 0) is 41.9 Å². The van der Waals surface area contributed by atoms with Crippen LogP contribution in [0.25, 0.3) is 0 Å². The molecule has 2 atom stereocenters. The largest absolute Gasteiger partial charge is 0.298 e. The number of hydrogen-bond donors (Lipinski definition) is 1. The third-order valence-corrected chi connectivity index (χ3v) is 2.96. The van der Waals surface area contributed by atoms with Crippen molar-refractivity contribution in [2.24, 2.45) is 0 Å². The quantitative estimate of drug-likeness (QED) is 0.800. The number of hydrogen-bond acceptors (Lipinski definition) is 3. The topological polar surface area (TPSA) is 34.2 Å². The van der Waals surface area contributed by atoms with E-state index < -0.39 is 5.54 Å². The number of aromatic nitrogens is 1. The Bertz CT molecular complexity index is 388. The van der Waals surface area contributed by atoms with Gasteiger partial charge in [-0.15, -0.1) is 0 Å². The third-order valence-electron chi connectivity index (χ3n) is 2.52. The van der Waals surface area contributed by atoms with Crippen LogP contribution < -0.4 is 5.48 Å². The fourth-order valence-corrected chi connectivity index (χ4v) is 2.15. The highest BCUT2D eigenvalue weighted by atomic mass is 79.9. The molecule has 2 rings (SSSR count). The van der Waals surface area contributed by atoms with E-state index in [2.05, 4.69) is 26.4 Å². The molecule has 82 valence electrons.